The minimum absolute atomic E-state index is 0.0474. The van der Waals surface area contributed by atoms with Crippen LogP contribution >= 0.6 is 0 Å². The fourth-order valence-electron chi connectivity index (χ4n) is 2.77. The first kappa shape index (κ1) is 21.0. The minimum Gasteiger partial charge on any atom is -0.398 e. The van der Waals surface area contributed by atoms with Crippen LogP contribution in [-0.2, 0) is 11.8 Å². The molecule has 0 bridgehead atoms. The molecule has 3 aromatic heterocycles. The monoisotopic (exact) mass is 412 g/mol. The van der Waals surface area contributed by atoms with Gasteiger partial charge in [0.1, 0.15) is 5.65 Å². The average Bonchev–Trinajstić information content (AvgIpc) is 3.11. The number of nitrogen functional groups attached to an aromatic ring is 1. The quantitative estimate of drug-likeness (QED) is 0.564. The van der Waals surface area contributed by atoms with Crippen molar-refractivity contribution in [2.75, 3.05) is 17.6 Å². The van der Waals surface area contributed by atoms with E-state index in [0.717, 1.165) is 11.9 Å². The van der Waals surface area contributed by atoms with Crippen molar-refractivity contribution in [2.45, 2.75) is 31.9 Å². The number of nitrogens with zero attached hydrogens (tertiary/aromatic N) is 3. The molecule has 0 radical (unpaired) electrons. The summed E-state index contributed by atoms with van der Waals surface area (Å²) in [5, 5.41) is 12.6. The van der Waals surface area contributed by atoms with Crippen LogP contribution in [0.3, 0.4) is 0 Å². The third-order valence-electron chi connectivity index (χ3n) is 4.46. The molecule has 4 N–H and O–H groups in total. The number of aromatic nitrogens is 3. The first-order chi connectivity index (χ1) is 14.1. The Hall–Kier alpha value is -3.72. The summed E-state index contributed by atoms with van der Waals surface area (Å²) in [6.07, 6.45) is -2.72. The Morgan fingerprint density at radius 2 is 1.97 bits per heavy atom. The summed E-state index contributed by atoms with van der Waals surface area (Å²) >= 11 is 0. The van der Waals surface area contributed by atoms with Gasteiger partial charge in [-0.15, -0.1) is 0 Å². The highest BCUT2D eigenvalue weighted by molar-refractivity contribution is 5.91. The summed E-state index contributed by atoms with van der Waals surface area (Å²) in [6.45, 7) is 3.91. The molecular formula is C21H19F3N6. The lowest BCUT2D eigenvalue weighted by Crippen LogP contribution is -2.15. The van der Waals surface area contributed by atoms with Crippen LogP contribution in [0.25, 0.3) is 11.0 Å². The number of fused-ring (bicyclic) bond motifs is 1. The molecule has 0 spiro atoms. The summed E-state index contributed by atoms with van der Waals surface area (Å²) < 4.78 is 37.9. The van der Waals surface area contributed by atoms with Crippen LogP contribution in [0, 0.1) is 23.2 Å². The molecule has 0 fully saturated rings. The molecule has 9 heteroatoms. The van der Waals surface area contributed by atoms with Gasteiger partial charge in [0, 0.05) is 22.8 Å². The Balaban J connectivity index is 1.68. The Labute approximate surface area is 171 Å². The van der Waals surface area contributed by atoms with Crippen LogP contribution in [-0.4, -0.2) is 27.7 Å². The van der Waals surface area contributed by atoms with E-state index in [9.17, 15) is 13.2 Å². The fourth-order valence-corrected chi connectivity index (χ4v) is 2.77. The van der Waals surface area contributed by atoms with Crippen molar-refractivity contribution in [1.82, 2.24) is 15.0 Å². The van der Waals surface area contributed by atoms with Gasteiger partial charge in [-0.1, -0.05) is 5.92 Å². The van der Waals surface area contributed by atoms with E-state index < -0.39 is 18.0 Å². The highest BCUT2D eigenvalue weighted by Gasteiger charge is 2.29. The lowest BCUT2D eigenvalue weighted by atomic mass is 9.91. The maximum Gasteiger partial charge on any atom is 0.393 e. The van der Waals surface area contributed by atoms with Gasteiger partial charge < -0.3 is 16.0 Å². The van der Waals surface area contributed by atoms with E-state index >= 15 is 0 Å². The van der Waals surface area contributed by atoms with Crippen LogP contribution in [0.2, 0.25) is 0 Å². The maximum atomic E-state index is 12.6. The van der Waals surface area contributed by atoms with Gasteiger partial charge >= 0.3 is 6.18 Å². The van der Waals surface area contributed by atoms with Gasteiger partial charge in [-0.2, -0.15) is 18.4 Å². The molecule has 3 rings (SSSR count). The molecule has 30 heavy (non-hydrogen) atoms. The summed E-state index contributed by atoms with van der Waals surface area (Å²) in [5.41, 5.74) is 7.51. The van der Waals surface area contributed by atoms with Crippen molar-refractivity contribution in [3.63, 3.8) is 0 Å². The molecule has 0 aliphatic rings. The highest BCUT2D eigenvalue weighted by atomic mass is 19.4. The molecule has 0 unspecified atom stereocenters. The van der Waals surface area contributed by atoms with E-state index in [2.05, 4.69) is 38.2 Å². The number of aromatic amines is 1. The number of anilines is 2. The van der Waals surface area contributed by atoms with Crippen molar-refractivity contribution in [3.8, 4) is 17.9 Å². The van der Waals surface area contributed by atoms with Crippen LogP contribution in [0.15, 0.2) is 30.6 Å². The van der Waals surface area contributed by atoms with Crippen molar-refractivity contribution in [3.05, 3.63) is 47.5 Å². The number of halogens is 3. The SMILES string of the molecule is CC(C)(C#N)c1ccc(NCC#Cc2cc3c(N)c(CC(F)(F)F)cnc3[nH]2)cn1. The summed E-state index contributed by atoms with van der Waals surface area (Å²) in [4.78, 5) is 11.2. The average molecular weight is 412 g/mol. The van der Waals surface area contributed by atoms with Gasteiger partial charge in [0.15, 0.2) is 0 Å². The number of H-pyrrole nitrogens is 1. The molecule has 0 saturated carbocycles. The number of hydrogen-bond acceptors (Lipinski definition) is 5. The van der Waals surface area contributed by atoms with Gasteiger partial charge in [-0.3, -0.25) is 4.98 Å². The van der Waals surface area contributed by atoms with Crippen LogP contribution in [0.4, 0.5) is 24.5 Å². The molecule has 154 valence electrons. The maximum absolute atomic E-state index is 12.6. The van der Waals surface area contributed by atoms with E-state index in [1.54, 1.807) is 32.2 Å². The second-order valence-corrected chi connectivity index (χ2v) is 7.26. The van der Waals surface area contributed by atoms with Crippen molar-refractivity contribution >= 4 is 22.4 Å². The first-order valence-corrected chi connectivity index (χ1v) is 9.02. The van der Waals surface area contributed by atoms with E-state index in [1.165, 1.54) is 0 Å². The number of alkyl halides is 3. The zero-order valence-corrected chi connectivity index (χ0v) is 16.4. The largest absolute Gasteiger partial charge is 0.398 e. The molecule has 0 aliphatic carbocycles. The molecule has 0 aliphatic heterocycles. The lowest BCUT2D eigenvalue weighted by molar-refractivity contribution is -0.127. The standard InChI is InChI=1S/C21H19F3N6/c1-20(2,12-25)17-6-5-15(11-28-17)27-7-3-4-14-8-16-18(26)13(9-21(22,23)24)10-29-19(16)30-14/h5-6,8,10-11,27H,7,9H2,1-2H3,(H3,26,29,30). The smallest absolute Gasteiger partial charge is 0.393 e. The lowest BCUT2D eigenvalue weighted by Gasteiger charge is -2.14. The Morgan fingerprint density at radius 1 is 1.20 bits per heavy atom. The normalized spacial score (nSPS) is 11.6. The van der Waals surface area contributed by atoms with Crippen LogP contribution in [0.5, 0.6) is 0 Å². The molecule has 0 atom stereocenters. The Bertz CT molecular complexity index is 1160. The second-order valence-electron chi connectivity index (χ2n) is 7.26. The van der Waals surface area contributed by atoms with E-state index in [4.69, 9.17) is 11.0 Å². The number of nitrogens with one attached hydrogen (secondary N) is 2. The zero-order valence-electron chi connectivity index (χ0n) is 16.4. The number of hydrogen-bond donors (Lipinski definition) is 3. The first-order valence-electron chi connectivity index (χ1n) is 9.02. The Kier molecular flexibility index (Phi) is 5.57. The molecule has 0 saturated heterocycles. The molecule has 3 aromatic rings. The second kappa shape index (κ2) is 7.96. The van der Waals surface area contributed by atoms with Gasteiger partial charge in [-0.25, -0.2) is 4.98 Å². The van der Waals surface area contributed by atoms with Crippen LogP contribution < -0.4 is 11.1 Å². The Morgan fingerprint density at radius 3 is 2.60 bits per heavy atom. The van der Waals surface area contributed by atoms with Crippen molar-refractivity contribution in [2.24, 2.45) is 0 Å². The van der Waals surface area contributed by atoms with Gasteiger partial charge in [0.2, 0.25) is 0 Å². The van der Waals surface area contributed by atoms with Gasteiger partial charge in [0.25, 0.3) is 0 Å². The van der Waals surface area contributed by atoms with Crippen molar-refractivity contribution in [1.29, 1.82) is 5.26 Å². The van der Waals surface area contributed by atoms with E-state index in [1.807, 2.05) is 6.07 Å². The summed E-state index contributed by atoms with van der Waals surface area (Å²) in [6, 6.07) is 7.39. The highest BCUT2D eigenvalue weighted by Crippen LogP contribution is 2.29. The third kappa shape index (κ3) is 4.81. The molecule has 0 amide bonds. The predicted octanol–water partition coefficient (Wildman–Crippen LogP) is 3.91. The zero-order chi connectivity index (χ0) is 21.9. The number of pyridine rings is 2. The molecule has 3 heterocycles. The molecule has 0 aromatic carbocycles. The summed E-state index contributed by atoms with van der Waals surface area (Å²) in [5.74, 6) is 5.81. The minimum atomic E-state index is -4.36. The number of rotatable bonds is 4. The number of nitriles is 1. The molecular weight excluding hydrogens is 393 g/mol. The fraction of sp³-hybridized carbons (Fsp3) is 0.286. The molecule has 6 nitrogen and oxygen atoms in total. The van der Waals surface area contributed by atoms with E-state index in [0.29, 0.717) is 29.0 Å². The van der Waals surface area contributed by atoms with Gasteiger partial charge in [-0.05, 0) is 38.0 Å². The predicted molar refractivity (Wildman–Crippen MR) is 109 cm³/mol. The summed E-state index contributed by atoms with van der Waals surface area (Å²) in [7, 11) is 0. The third-order valence-corrected chi connectivity index (χ3v) is 4.46. The number of nitrogens with two attached hydrogens (primary N) is 1. The van der Waals surface area contributed by atoms with Crippen LogP contribution in [0.1, 0.15) is 30.8 Å². The van der Waals surface area contributed by atoms with Crippen molar-refractivity contribution < 1.29 is 13.2 Å². The topological polar surface area (TPSA) is 103 Å². The van der Waals surface area contributed by atoms with Gasteiger partial charge in [0.05, 0.1) is 47.7 Å². The van der Waals surface area contributed by atoms with E-state index in [-0.39, 0.29) is 11.3 Å².